The Morgan fingerprint density at radius 3 is 2.39 bits per heavy atom. The van der Waals surface area contributed by atoms with E-state index in [9.17, 15) is 27.2 Å². The van der Waals surface area contributed by atoms with Crippen LogP contribution in [0.4, 0.5) is 23.2 Å². The lowest BCUT2D eigenvalue weighted by atomic mass is 10.1. The molecule has 1 aliphatic carbocycles. The first kappa shape index (κ1) is 17.2. The highest BCUT2D eigenvalue weighted by Gasteiger charge is 2.31. The second-order valence-corrected chi connectivity index (χ2v) is 5.51. The van der Waals surface area contributed by atoms with Crippen molar-refractivity contribution in [1.82, 2.24) is 5.32 Å². The van der Waals surface area contributed by atoms with Gasteiger partial charge in [-0.15, -0.1) is 0 Å². The standard InChI is InChI=1S/C15H16F4N2O2/c16-11-6-5-10(15(17,18)19)7-12(11)21-14(23)13(22)20-8-9-3-1-2-4-9/h5-7,9H,1-4,8H2,(H,20,22)(H,21,23). The van der Waals surface area contributed by atoms with E-state index in [-0.39, 0.29) is 0 Å². The molecule has 0 spiro atoms. The van der Waals surface area contributed by atoms with Crippen LogP contribution in [0.5, 0.6) is 0 Å². The second kappa shape index (κ2) is 6.97. The summed E-state index contributed by atoms with van der Waals surface area (Å²) in [6.45, 7) is 0.331. The molecule has 1 fully saturated rings. The number of nitrogens with one attached hydrogen (secondary N) is 2. The van der Waals surface area contributed by atoms with E-state index < -0.39 is 35.1 Å². The highest BCUT2D eigenvalue weighted by atomic mass is 19.4. The first-order valence-electron chi connectivity index (χ1n) is 7.23. The number of halogens is 4. The Balaban J connectivity index is 1.97. The average molecular weight is 332 g/mol. The van der Waals surface area contributed by atoms with Gasteiger partial charge in [0.1, 0.15) is 5.82 Å². The third kappa shape index (κ3) is 4.67. The van der Waals surface area contributed by atoms with Crippen LogP contribution in [0.1, 0.15) is 31.2 Å². The van der Waals surface area contributed by atoms with Crippen LogP contribution in [0.25, 0.3) is 0 Å². The van der Waals surface area contributed by atoms with Crippen LogP contribution in [-0.2, 0) is 15.8 Å². The molecule has 0 heterocycles. The molecule has 2 amide bonds. The average Bonchev–Trinajstić information content (AvgIpc) is 2.99. The lowest BCUT2D eigenvalue weighted by Gasteiger charge is -2.12. The number of carbonyl (C=O) groups excluding carboxylic acids is 2. The smallest absolute Gasteiger partial charge is 0.348 e. The van der Waals surface area contributed by atoms with Crippen molar-refractivity contribution in [1.29, 1.82) is 0 Å². The molecule has 2 N–H and O–H groups in total. The minimum absolute atomic E-state index is 0.303. The van der Waals surface area contributed by atoms with Crippen LogP contribution in [0, 0.1) is 11.7 Å². The molecule has 1 aromatic carbocycles. The molecule has 1 saturated carbocycles. The molecule has 126 valence electrons. The fourth-order valence-electron chi connectivity index (χ4n) is 2.51. The summed E-state index contributed by atoms with van der Waals surface area (Å²) < 4.78 is 51.2. The molecule has 1 aromatic rings. The van der Waals surface area contributed by atoms with Gasteiger partial charge in [-0.2, -0.15) is 13.2 Å². The van der Waals surface area contributed by atoms with Crippen LogP contribution >= 0.6 is 0 Å². The molecule has 0 unspecified atom stereocenters. The fraction of sp³-hybridized carbons (Fsp3) is 0.467. The van der Waals surface area contributed by atoms with Gasteiger partial charge in [-0.3, -0.25) is 9.59 Å². The number of benzene rings is 1. The Morgan fingerprint density at radius 2 is 1.78 bits per heavy atom. The first-order chi connectivity index (χ1) is 10.8. The summed E-state index contributed by atoms with van der Waals surface area (Å²) in [5.74, 6) is -2.93. The molecule has 0 aliphatic heterocycles. The SMILES string of the molecule is O=C(NCC1CCCC1)C(=O)Nc1cc(C(F)(F)F)ccc1F. The number of hydrogen-bond donors (Lipinski definition) is 2. The van der Waals surface area contributed by atoms with Crippen LogP contribution in [0.15, 0.2) is 18.2 Å². The zero-order valence-electron chi connectivity index (χ0n) is 12.2. The van der Waals surface area contributed by atoms with E-state index in [0.29, 0.717) is 30.7 Å². The van der Waals surface area contributed by atoms with E-state index in [0.717, 1.165) is 25.7 Å². The Kier molecular flexibility index (Phi) is 5.23. The van der Waals surface area contributed by atoms with Crippen LogP contribution in [-0.4, -0.2) is 18.4 Å². The number of anilines is 1. The third-order valence-corrected chi connectivity index (χ3v) is 3.77. The van der Waals surface area contributed by atoms with E-state index in [1.54, 1.807) is 0 Å². The third-order valence-electron chi connectivity index (χ3n) is 3.77. The fourth-order valence-corrected chi connectivity index (χ4v) is 2.51. The Bertz CT molecular complexity index is 596. The van der Waals surface area contributed by atoms with Crippen molar-refractivity contribution < 1.29 is 27.2 Å². The van der Waals surface area contributed by atoms with Gasteiger partial charge in [-0.1, -0.05) is 12.8 Å². The largest absolute Gasteiger partial charge is 0.416 e. The molecular weight excluding hydrogens is 316 g/mol. The van der Waals surface area contributed by atoms with Gasteiger partial charge in [-0.05, 0) is 37.0 Å². The zero-order chi connectivity index (χ0) is 17.0. The van der Waals surface area contributed by atoms with Crippen molar-refractivity contribution in [2.24, 2.45) is 5.92 Å². The summed E-state index contributed by atoms with van der Waals surface area (Å²) in [5, 5.41) is 4.29. The second-order valence-electron chi connectivity index (χ2n) is 5.51. The molecule has 1 aliphatic rings. The van der Waals surface area contributed by atoms with Crippen LogP contribution < -0.4 is 10.6 Å². The Labute approximate surface area is 130 Å². The van der Waals surface area contributed by atoms with Crippen LogP contribution in [0.3, 0.4) is 0 Å². The Morgan fingerprint density at radius 1 is 1.13 bits per heavy atom. The summed E-state index contributed by atoms with van der Waals surface area (Å²) in [5.41, 5.74) is -1.79. The van der Waals surface area contributed by atoms with Gasteiger partial charge < -0.3 is 10.6 Å². The summed E-state index contributed by atoms with van der Waals surface area (Å²) >= 11 is 0. The summed E-state index contributed by atoms with van der Waals surface area (Å²) in [6, 6.07) is 1.61. The zero-order valence-corrected chi connectivity index (χ0v) is 12.2. The minimum atomic E-state index is -4.67. The van der Waals surface area contributed by atoms with E-state index in [1.165, 1.54) is 0 Å². The molecule has 0 bridgehead atoms. The molecule has 2 rings (SSSR count). The molecule has 0 atom stereocenters. The van der Waals surface area contributed by atoms with E-state index in [2.05, 4.69) is 5.32 Å². The van der Waals surface area contributed by atoms with Crippen molar-refractivity contribution >= 4 is 17.5 Å². The van der Waals surface area contributed by atoms with Gasteiger partial charge in [0.15, 0.2) is 0 Å². The quantitative estimate of drug-likeness (QED) is 0.660. The lowest BCUT2D eigenvalue weighted by molar-refractivity contribution is -0.137. The van der Waals surface area contributed by atoms with Crippen molar-refractivity contribution in [3.05, 3.63) is 29.6 Å². The highest BCUT2D eigenvalue weighted by Crippen LogP contribution is 2.31. The van der Waals surface area contributed by atoms with Crippen LogP contribution in [0.2, 0.25) is 0 Å². The highest BCUT2D eigenvalue weighted by molar-refractivity contribution is 6.39. The van der Waals surface area contributed by atoms with Gasteiger partial charge in [0.2, 0.25) is 0 Å². The van der Waals surface area contributed by atoms with Gasteiger partial charge >= 0.3 is 18.0 Å². The van der Waals surface area contributed by atoms with Gasteiger partial charge in [0.05, 0.1) is 11.3 Å². The summed E-state index contributed by atoms with van der Waals surface area (Å²) in [4.78, 5) is 23.3. The van der Waals surface area contributed by atoms with Gasteiger partial charge in [-0.25, -0.2) is 4.39 Å². The minimum Gasteiger partial charge on any atom is -0.348 e. The van der Waals surface area contributed by atoms with Gasteiger partial charge in [0, 0.05) is 6.54 Å². The van der Waals surface area contributed by atoms with E-state index in [4.69, 9.17) is 0 Å². The number of hydrogen-bond acceptors (Lipinski definition) is 2. The summed E-state index contributed by atoms with van der Waals surface area (Å²) in [7, 11) is 0. The molecule has 0 aromatic heterocycles. The van der Waals surface area contributed by atoms with E-state index >= 15 is 0 Å². The number of amides is 2. The predicted molar refractivity (Wildman–Crippen MR) is 75.0 cm³/mol. The van der Waals surface area contributed by atoms with Gasteiger partial charge in [0.25, 0.3) is 0 Å². The molecule has 0 saturated heterocycles. The predicted octanol–water partition coefficient (Wildman–Crippen LogP) is 3.09. The lowest BCUT2D eigenvalue weighted by Crippen LogP contribution is -2.37. The molecule has 8 heteroatoms. The van der Waals surface area contributed by atoms with Crippen molar-refractivity contribution in [2.45, 2.75) is 31.9 Å². The molecule has 0 radical (unpaired) electrons. The normalized spacial score (nSPS) is 15.5. The number of carbonyl (C=O) groups is 2. The number of alkyl halides is 3. The maximum atomic E-state index is 13.5. The first-order valence-corrected chi connectivity index (χ1v) is 7.23. The van der Waals surface area contributed by atoms with Crippen molar-refractivity contribution in [3.63, 3.8) is 0 Å². The summed E-state index contributed by atoms with van der Waals surface area (Å²) in [6.07, 6.45) is -0.601. The maximum absolute atomic E-state index is 13.5. The van der Waals surface area contributed by atoms with E-state index in [1.807, 2.05) is 5.32 Å². The Hall–Kier alpha value is -2.12. The maximum Gasteiger partial charge on any atom is 0.416 e. The monoisotopic (exact) mass is 332 g/mol. The molecular formula is C15H16F4N2O2. The van der Waals surface area contributed by atoms with Crippen molar-refractivity contribution in [3.8, 4) is 0 Å². The topological polar surface area (TPSA) is 58.2 Å². The molecule has 23 heavy (non-hydrogen) atoms. The number of rotatable bonds is 3. The van der Waals surface area contributed by atoms with Crippen molar-refractivity contribution in [2.75, 3.05) is 11.9 Å². The molecule has 4 nitrogen and oxygen atoms in total.